The van der Waals surface area contributed by atoms with Crippen molar-refractivity contribution in [3.05, 3.63) is 29.8 Å². The number of hydrogen-bond acceptors (Lipinski definition) is 4. The van der Waals surface area contributed by atoms with Crippen LogP contribution in [0, 0.1) is 11.3 Å². The van der Waals surface area contributed by atoms with Gasteiger partial charge in [-0.1, -0.05) is 12.1 Å². The van der Waals surface area contributed by atoms with E-state index in [1.807, 2.05) is 17.0 Å². The zero-order valence-corrected chi connectivity index (χ0v) is 15.8. The third-order valence-electron chi connectivity index (χ3n) is 7.41. The third kappa shape index (κ3) is 2.42. The maximum atomic E-state index is 13.4. The number of hydrogen-bond donors (Lipinski definition) is 1. The van der Waals surface area contributed by atoms with Gasteiger partial charge in [0, 0.05) is 18.5 Å². The molecule has 5 fully saturated rings. The van der Waals surface area contributed by atoms with Gasteiger partial charge in [-0.3, -0.25) is 14.5 Å². The molecule has 1 aliphatic carbocycles. The Morgan fingerprint density at radius 1 is 1.19 bits per heavy atom. The van der Waals surface area contributed by atoms with Gasteiger partial charge in [0.05, 0.1) is 13.2 Å². The molecule has 0 unspecified atom stereocenters. The fraction of sp³-hybridized carbons (Fsp3) is 0.619. The van der Waals surface area contributed by atoms with Crippen LogP contribution in [0.1, 0.15) is 37.2 Å². The van der Waals surface area contributed by atoms with Gasteiger partial charge in [0.1, 0.15) is 11.2 Å². The minimum atomic E-state index is -0.931. The highest BCUT2D eigenvalue weighted by molar-refractivity contribution is 6.07. The van der Waals surface area contributed by atoms with Gasteiger partial charge in [0.2, 0.25) is 11.8 Å². The Labute approximate surface area is 159 Å². The summed E-state index contributed by atoms with van der Waals surface area (Å²) in [6.07, 6.45) is 3.49. The van der Waals surface area contributed by atoms with Gasteiger partial charge in [-0.15, -0.1) is 0 Å². The number of carbonyl (C=O) groups is 2. The van der Waals surface area contributed by atoms with Crippen LogP contribution in [0.15, 0.2) is 24.3 Å². The second kappa shape index (κ2) is 5.96. The Bertz CT molecular complexity index is 783. The number of methoxy groups -OCH3 is 1. The topological polar surface area (TPSA) is 75.9 Å². The molecule has 1 saturated carbocycles. The zero-order chi connectivity index (χ0) is 18.8. The number of nitrogens with two attached hydrogens (primary N) is 1. The lowest BCUT2D eigenvalue weighted by molar-refractivity contribution is -0.146. The summed E-state index contributed by atoms with van der Waals surface area (Å²) < 4.78 is 5.43. The summed E-state index contributed by atoms with van der Waals surface area (Å²) in [5.41, 5.74) is 5.90. The van der Waals surface area contributed by atoms with Crippen molar-refractivity contribution in [2.24, 2.45) is 17.1 Å². The predicted octanol–water partition coefficient (Wildman–Crippen LogP) is 1.35. The Balaban J connectivity index is 1.52. The molecule has 4 saturated heterocycles. The van der Waals surface area contributed by atoms with Gasteiger partial charge in [-0.05, 0) is 62.4 Å². The van der Waals surface area contributed by atoms with Crippen molar-refractivity contribution in [1.82, 2.24) is 9.80 Å². The first-order chi connectivity index (χ1) is 13.0. The van der Waals surface area contributed by atoms with Crippen LogP contribution in [0.25, 0.3) is 0 Å². The monoisotopic (exact) mass is 369 g/mol. The van der Waals surface area contributed by atoms with E-state index in [0.29, 0.717) is 31.3 Å². The number of piperidine rings is 3. The number of nitrogens with zero attached hydrogens (tertiary/aromatic N) is 2. The number of benzene rings is 1. The lowest BCUT2D eigenvalue weighted by Crippen LogP contribution is -2.61. The smallest absolute Gasteiger partial charge is 0.238 e. The van der Waals surface area contributed by atoms with E-state index in [0.717, 1.165) is 31.7 Å². The Morgan fingerprint density at radius 2 is 1.93 bits per heavy atom. The summed E-state index contributed by atoms with van der Waals surface area (Å²) >= 11 is 0. The fourth-order valence-electron chi connectivity index (χ4n) is 5.79. The third-order valence-corrected chi connectivity index (χ3v) is 7.41. The van der Waals surface area contributed by atoms with Crippen molar-refractivity contribution in [2.75, 3.05) is 26.7 Å². The minimum absolute atomic E-state index is 0.0239. The maximum absolute atomic E-state index is 13.4. The van der Waals surface area contributed by atoms with Crippen LogP contribution in [0.4, 0.5) is 0 Å². The highest BCUT2D eigenvalue weighted by Crippen LogP contribution is 2.52. The first-order valence-corrected chi connectivity index (χ1v) is 10.0. The first kappa shape index (κ1) is 17.0. The molecule has 144 valence electrons. The number of rotatable bonds is 4. The molecule has 2 amide bonds. The first-order valence-electron chi connectivity index (χ1n) is 10.0. The van der Waals surface area contributed by atoms with Crippen LogP contribution in [0.2, 0.25) is 0 Å². The fourth-order valence-corrected chi connectivity index (χ4v) is 5.79. The molecule has 3 atom stereocenters. The molecule has 5 aliphatic rings. The highest BCUT2D eigenvalue weighted by atomic mass is 16.5. The van der Waals surface area contributed by atoms with E-state index in [2.05, 4.69) is 17.0 Å². The molecule has 0 spiro atoms. The van der Waals surface area contributed by atoms with Crippen molar-refractivity contribution >= 4 is 11.8 Å². The van der Waals surface area contributed by atoms with E-state index >= 15 is 0 Å². The molecule has 2 bridgehead atoms. The van der Waals surface area contributed by atoms with Gasteiger partial charge in [-0.25, -0.2) is 0 Å². The summed E-state index contributed by atoms with van der Waals surface area (Å²) in [5.74, 6) is 1.16. The van der Waals surface area contributed by atoms with E-state index in [4.69, 9.17) is 10.5 Å². The summed E-state index contributed by atoms with van der Waals surface area (Å²) in [4.78, 5) is 30.0. The summed E-state index contributed by atoms with van der Waals surface area (Å²) in [6.45, 7) is 2.88. The quantitative estimate of drug-likeness (QED) is 0.813. The highest BCUT2D eigenvalue weighted by Gasteiger charge is 2.62. The average Bonchev–Trinajstić information content (AvgIpc) is 3.42. The molecule has 1 aromatic rings. The van der Waals surface area contributed by atoms with E-state index < -0.39 is 11.3 Å². The standard InChI is InChI=1S/C21H27N3O3/c1-27-15-4-2-3-14(11-15)16-12-24(20(26)21(7-8-21)19(22)25)17-13-5-9-23(10-6-13)18(16)17/h2-4,11,13,16-18H,5-10,12H2,1H3,(H2,22,25)/t16-,17-,18-/m1/s1. The average molecular weight is 369 g/mol. The molecule has 4 heterocycles. The van der Waals surface area contributed by atoms with Crippen molar-refractivity contribution in [3.63, 3.8) is 0 Å². The van der Waals surface area contributed by atoms with Gasteiger partial charge in [-0.2, -0.15) is 0 Å². The molecule has 6 rings (SSSR count). The van der Waals surface area contributed by atoms with Gasteiger partial charge < -0.3 is 15.4 Å². The van der Waals surface area contributed by atoms with Gasteiger partial charge in [0.25, 0.3) is 0 Å². The van der Waals surface area contributed by atoms with Crippen LogP contribution in [0.5, 0.6) is 5.75 Å². The lowest BCUT2D eigenvalue weighted by atomic mass is 9.75. The van der Waals surface area contributed by atoms with E-state index in [-0.39, 0.29) is 17.9 Å². The molecular formula is C21H27N3O3. The minimum Gasteiger partial charge on any atom is -0.497 e. The summed E-state index contributed by atoms with van der Waals surface area (Å²) in [5, 5.41) is 0. The van der Waals surface area contributed by atoms with E-state index in [1.165, 1.54) is 5.56 Å². The molecule has 6 heteroatoms. The SMILES string of the molecule is COc1cccc([C@H]2CN(C(=O)C3(C(N)=O)CC3)[C@@H]3C4CCN(CC4)[C@H]23)c1. The molecule has 27 heavy (non-hydrogen) atoms. The van der Waals surface area contributed by atoms with E-state index in [1.54, 1.807) is 7.11 Å². The summed E-state index contributed by atoms with van der Waals surface area (Å²) in [7, 11) is 1.68. The number of fused-ring (bicyclic) bond motifs is 2. The number of ether oxygens (including phenoxy) is 1. The molecule has 4 aliphatic heterocycles. The number of primary amides is 1. The molecular weight excluding hydrogens is 342 g/mol. The maximum Gasteiger partial charge on any atom is 0.238 e. The van der Waals surface area contributed by atoms with Crippen molar-refractivity contribution in [1.29, 1.82) is 0 Å². The molecule has 6 nitrogen and oxygen atoms in total. The van der Waals surface area contributed by atoms with Crippen molar-refractivity contribution < 1.29 is 14.3 Å². The molecule has 2 N–H and O–H groups in total. The second-order valence-corrected chi connectivity index (χ2v) is 8.64. The van der Waals surface area contributed by atoms with E-state index in [9.17, 15) is 9.59 Å². The van der Waals surface area contributed by atoms with Crippen LogP contribution < -0.4 is 10.5 Å². The van der Waals surface area contributed by atoms with Crippen molar-refractivity contribution in [2.45, 2.75) is 43.7 Å². The Kier molecular flexibility index (Phi) is 3.76. The largest absolute Gasteiger partial charge is 0.497 e. The van der Waals surface area contributed by atoms with Crippen LogP contribution in [-0.2, 0) is 9.59 Å². The zero-order valence-electron chi connectivity index (χ0n) is 15.8. The van der Waals surface area contributed by atoms with Crippen LogP contribution in [-0.4, -0.2) is 60.4 Å². The lowest BCUT2D eigenvalue weighted by Gasteiger charge is -2.51. The molecule has 1 aromatic carbocycles. The molecule has 0 aromatic heterocycles. The van der Waals surface area contributed by atoms with Crippen LogP contribution >= 0.6 is 0 Å². The number of carbonyl (C=O) groups excluding carboxylic acids is 2. The second-order valence-electron chi connectivity index (χ2n) is 8.64. The Morgan fingerprint density at radius 3 is 2.56 bits per heavy atom. The van der Waals surface area contributed by atoms with Crippen LogP contribution in [0.3, 0.4) is 0 Å². The normalized spacial score (nSPS) is 35.6. The Hall–Kier alpha value is -2.08. The number of likely N-dealkylation sites (tertiary alicyclic amines) is 1. The number of amides is 2. The summed E-state index contributed by atoms with van der Waals surface area (Å²) in [6, 6.07) is 8.75. The van der Waals surface area contributed by atoms with Gasteiger partial charge >= 0.3 is 0 Å². The predicted molar refractivity (Wildman–Crippen MR) is 100 cm³/mol. The molecule has 0 radical (unpaired) electrons. The van der Waals surface area contributed by atoms with Gasteiger partial charge in [0.15, 0.2) is 0 Å². The van der Waals surface area contributed by atoms with Crippen molar-refractivity contribution in [3.8, 4) is 5.75 Å².